The van der Waals surface area contributed by atoms with E-state index in [1.54, 1.807) is 45.5 Å². The van der Waals surface area contributed by atoms with Crippen LogP contribution in [0, 0.1) is 17.3 Å². The maximum atomic E-state index is 13.2. The van der Waals surface area contributed by atoms with Crippen LogP contribution in [0.3, 0.4) is 0 Å². The van der Waals surface area contributed by atoms with E-state index < -0.39 is 47.2 Å². The van der Waals surface area contributed by atoms with E-state index in [0.29, 0.717) is 19.3 Å². The largest absolute Gasteiger partial charge is 0.392 e. The summed E-state index contributed by atoms with van der Waals surface area (Å²) in [5, 5.41) is 47.2. The van der Waals surface area contributed by atoms with Gasteiger partial charge in [0.25, 0.3) is 0 Å². The third-order valence-electron chi connectivity index (χ3n) is 7.62. The van der Waals surface area contributed by atoms with Gasteiger partial charge in [-0.3, -0.25) is 14.6 Å². The molecule has 0 spiro atoms. The molecule has 9 heteroatoms. The Labute approximate surface area is 213 Å². The summed E-state index contributed by atoms with van der Waals surface area (Å²) in [6, 6.07) is -0.602. The van der Waals surface area contributed by atoms with Crippen molar-refractivity contribution in [2.45, 2.75) is 110 Å². The number of nitrogens with zero attached hydrogens (tertiary/aromatic N) is 1. The molecule has 35 heavy (non-hydrogen) atoms. The normalized spacial score (nSPS) is 40.5. The zero-order chi connectivity index (χ0) is 26.6. The van der Waals surface area contributed by atoms with Crippen molar-refractivity contribution in [2.75, 3.05) is 5.75 Å². The monoisotopic (exact) mass is 512 g/mol. The molecule has 0 aromatic carbocycles. The molecular formula is C26H44N2O6S. The second-order valence-electron chi connectivity index (χ2n) is 11.1. The second kappa shape index (κ2) is 12.3. The summed E-state index contributed by atoms with van der Waals surface area (Å²) in [6.07, 6.45) is 1.64. The summed E-state index contributed by atoms with van der Waals surface area (Å²) in [5.74, 6) is -0.889. The molecule has 2 heterocycles. The van der Waals surface area contributed by atoms with Gasteiger partial charge in [0.1, 0.15) is 5.78 Å². The number of nitrogens with one attached hydrogen (secondary N) is 1. The minimum Gasteiger partial charge on any atom is -0.392 e. The number of rotatable bonds is 2. The van der Waals surface area contributed by atoms with Gasteiger partial charge in [0, 0.05) is 17.7 Å². The average Bonchev–Trinajstić information content (AvgIpc) is 3.19. The number of thioether (sulfide) groups is 1. The molecule has 8 nitrogen and oxygen atoms in total. The molecule has 200 valence electrons. The van der Waals surface area contributed by atoms with E-state index in [4.69, 9.17) is 0 Å². The molecule has 0 radical (unpaired) electrons. The molecule has 1 amide bonds. The minimum absolute atomic E-state index is 0.0218. The number of carbonyl (C=O) groups is 2. The molecule has 0 aromatic rings. The molecule has 1 saturated heterocycles. The van der Waals surface area contributed by atoms with Crippen molar-refractivity contribution in [3.63, 3.8) is 0 Å². The molecule has 2 aliphatic heterocycles. The predicted molar refractivity (Wildman–Crippen MR) is 139 cm³/mol. The van der Waals surface area contributed by atoms with Crippen LogP contribution < -0.4 is 5.32 Å². The molecular weight excluding hydrogens is 468 g/mol. The highest BCUT2D eigenvalue weighted by Gasteiger charge is 2.42. The molecule has 0 bridgehead atoms. The number of carbonyl (C=O) groups excluding carboxylic acids is 2. The van der Waals surface area contributed by atoms with Crippen molar-refractivity contribution < 1.29 is 30.0 Å². The Bertz CT molecular complexity index is 812. The Morgan fingerprint density at radius 3 is 2.34 bits per heavy atom. The van der Waals surface area contributed by atoms with Crippen molar-refractivity contribution in [1.29, 1.82) is 0 Å². The minimum atomic E-state index is -1.39. The first-order valence-electron chi connectivity index (χ1n) is 12.6. The second-order valence-corrected chi connectivity index (χ2v) is 12.4. The van der Waals surface area contributed by atoms with E-state index in [-0.39, 0.29) is 30.6 Å². The Kier molecular flexibility index (Phi) is 10.5. The van der Waals surface area contributed by atoms with Gasteiger partial charge in [0.05, 0.1) is 46.8 Å². The predicted octanol–water partition coefficient (Wildman–Crippen LogP) is 2.23. The van der Waals surface area contributed by atoms with Crippen LogP contribution in [0.1, 0.15) is 73.6 Å². The van der Waals surface area contributed by atoms with Crippen LogP contribution in [0.15, 0.2) is 17.1 Å². The van der Waals surface area contributed by atoms with Crippen molar-refractivity contribution in [1.82, 2.24) is 5.32 Å². The van der Waals surface area contributed by atoms with Crippen molar-refractivity contribution in [3.8, 4) is 0 Å². The van der Waals surface area contributed by atoms with Crippen molar-refractivity contribution in [2.24, 2.45) is 22.2 Å². The number of hydrogen-bond acceptors (Lipinski definition) is 8. The molecule has 2 rings (SSSR count). The van der Waals surface area contributed by atoms with Gasteiger partial charge in [-0.15, -0.1) is 11.8 Å². The van der Waals surface area contributed by atoms with E-state index in [1.165, 1.54) is 0 Å². The van der Waals surface area contributed by atoms with Gasteiger partial charge in [-0.2, -0.15) is 0 Å². The van der Waals surface area contributed by atoms with Gasteiger partial charge < -0.3 is 25.7 Å². The molecule has 1 unspecified atom stereocenters. The van der Waals surface area contributed by atoms with Crippen LogP contribution in [0.4, 0.5) is 0 Å². The third kappa shape index (κ3) is 8.12. The lowest BCUT2D eigenvalue weighted by Crippen LogP contribution is -2.48. The third-order valence-corrected chi connectivity index (χ3v) is 8.65. The highest BCUT2D eigenvalue weighted by Crippen LogP contribution is 2.32. The number of aliphatic hydroxyl groups is 4. The molecule has 0 aromatic heterocycles. The summed E-state index contributed by atoms with van der Waals surface area (Å²) in [6.45, 7) is 10.2. The zero-order valence-electron chi connectivity index (χ0n) is 21.9. The van der Waals surface area contributed by atoms with Crippen LogP contribution in [0.2, 0.25) is 0 Å². The summed E-state index contributed by atoms with van der Waals surface area (Å²) in [4.78, 5) is 30.5. The average molecular weight is 513 g/mol. The first-order valence-corrected chi connectivity index (χ1v) is 13.6. The Hall–Kier alpha value is -1.26. The molecule has 8 atom stereocenters. The van der Waals surface area contributed by atoms with Crippen LogP contribution in [-0.4, -0.2) is 78.9 Å². The van der Waals surface area contributed by atoms with E-state index in [1.807, 2.05) is 19.9 Å². The van der Waals surface area contributed by atoms with E-state index >= 15 is 0 Å². The number of hydrogen-bond donors (Lipinski definition) is 5. The zero-order valence-corrected chi connectivity index (χ0v) is 22.7. The van der Waals surface area contributed by atoms with E-state index in [2.05, 4.69) is 10.3 Å². The quantitative estimate of drug-likeness (QED) is 0.358. The summed E-state index contributed by atoms with van der Waals surface area (Å²) in [7, 11) is 0. The number of aliphatic hydroxyl groups excluding tert-OH is 3. The fourth-order valence-electron chi connectivity index (χ4n) is 4.77. The SMILES string of the molecule is CC1=NC(/C=C/[C@@H]2C[C@@H](O)[C@](C)(O)CCC[C@H](C)[C@H](O)[C@@H](C)C(=O)C(C)(C)[C@@H](O)CC(=O)N2)CS1. The fourth-order valence-corrected chi connectivity index (χ4v) is 5.58. The van der Waals surface area contributed by atoms with Gasteiger partial charge in [-0.05, 0) is 39.0 Å². The number of ketones is 1. The molecule has 1 fully saturated rings. The lowest BCUT2D eigenvalue weighted by atomic mass is 9.72. The molecule has 0 aliphatic carbocycles. The van der Waals surface area contributed by atoms with Gasteiger partial charge in [-0.1, -0.05) is 46.3 Å². The Balaban J connectivity index is 2.30. The number of Topliss-reactive ketones (excluding diaryl/α,β-unsaturated/α-hetero) is 1. The first-order chi connectivity index (χ1) is 16.1. The highest BCUT2D eigenvalue weighted by molar-refractivity contribution is 8.14. The lowest BCUT2D eigenvalue weighted by molar-refractivity contribution is -0.143. The summed E-state index contributed by atoms with van der Waals surface area (Å²) >= 11 is 1.66. The molecule has 5 N–H and O–H groups in total. The van der Waals surface area contributed by atoms with Gasteiger partial charge in [0.15, 0.2) is 0 Å². The van der Waals surface area contributed by atoms with Gasteiger partial charge in [-0.25, -0.2) is 0 Å². The van der Waals surface area contributed by atoms with Crippen LogP contribution in [0.25, 0.3) is 0 Å². The van der Waals surface area contributed by atoms with Crippen LogP contribution in [-0.2, 0) is 9.59 Å². The standard InChI is InChI=1S/C26H44N2O6S/c1-15-8-7-11-26(6,34)21(30)12-18(9-10-19-14-35-17(3)27-19)28-22(31)13-20(29)25(4,5)24(33)16(2)23(15)32/h9-10,15-16,18-21,23,29-30,32,34H,7-8,11-14H2,1-6H3,(H,28,31)/b10-9+/t15-,16+,18+,19?,20-,21+,23-,26+/m0/s1. The summed E-state index contributed by atoms with van der Waals surface area (Å²) in [5.41, 5.74) is -2.62. The van der Waals surface area contributed by atoms with Crippen molar-refractivity contribution >= 4 is 28.5 Å². The Morgan fingerprint density at radius 1 is 1.09 bits per heavy atom. The maximum absolute atomic E-state index is 13.2. The first kappa shape index (κ1) is 30.0. The number of aliphatic imine (C=N–C) groups is 1. The molecule has 2 aliphatic rings. The smallest absolute Gasteiger partial charge is 0.223 e. The number of amides is 1. The van der Waals surface area contributed by atoms with E-state index in [0.717, 1.165) is 10.8 Å². The fraction of sp³-hybridized carbons (Fsp3) is 0.808. The lowest BCUT2D eigenvalue weighted by Gasteiger charge is -2.36. The van der Waals surface area contributed by atoms with Gasteiger partial charge >= 0.3 is 0 Å². The Morgan fingerprint density at radius 2 is 1.74 bits per heavy atom. The highest BCUT2D eigenvalue weighted by atomic mass is 32.2. The molecule has 0 saturated carbocycles. The van der Waals surface area contributed by atoms with Crippen LogP contribution >= 0.6 is 11.8 Å². The summed E-state index contributed by atoms with van der Waals surface area (Å²) < 4.78 is 0. The van der Waals surface area contributed by atoms with E-state index in [9.17, 15) is 30.0 Å². The van der Waals surface area contributed by atoms with Crippen molar-refractivity contribution in [3.05, 3.63) is 12.2 Å². The van der Waals surface area contributed by atoms with Gasteiger partial charge in [0.2, 0.25) is 5.91 Å². The maximum Gasteiger partial charge on any atom is 0.223 e. The van der Waals surface area contributed by atoms with Crippen LogP contribution in [0.5, 0.6) is 0 Å². The topological polar surface area (TPSA) is 139 Å².